The van der Waals surface area contributed by atoms with Crippen molar-refractivity contribution < 1.29 is 13.2 Å². The zero-order chi connectivity index (χ0) is 18.3. The molecule has 0 heterocycles. The molecule has 0 radical (unpaired) electrons. The number of benzene rings is 2. The Morgan fingerprint density at radius 3 is 2.12 bits per heavy atom. The first-order chi connectivity index (χ1) is 11.8. The number of hydrogen-bond donors (Lipinski definition) is 2. The topological polar surface area (TPSA) is 24.1 Å². The Balaban J connectivity index is 1.69. The van der Waals surface area contributed by atoms with Gasteiger partial charge in [-0.1, -0.05) is 41.9 Å². The molecule has 2 aromatic carbocycles. The van der Waals surface area contributed by atoms with Crippen LogP contribution >= 0.6 is 23.8 Å². The van der Waals surface area contributed by atoms with Gasteiger partial charge in [-0.05, 0) is 54.4 Å². The van der Waals surface area contributed by atoms with E-state index >= 15 is 0 Å². The summed E-state index contributed by atoms with van der Waals surface area (Å²) in [6.45, 7) is 1.13. The van der Waals surface area contributed by atoms with Crippen LogP contribution in [-0.2, 0) is 19.0 Å². The number of hydrogen-bond acceptors (Lipinski definition) is 1. The van der Waals surface area contributed by atoms with Crippen LogP contribution in [0.4, 0.5) is 13.2 Å². The summed E-state index contributed by atoms with van der Waals surface area (Å²) in [4.78, 5) is 0. The molecule has 0 aromatic heterocycles. The Hall–Kier alpha value is -1.79. The lowest BCUT2D eigenvalue weighted by Gasteiger charge is -2.12. The van der Waals surface area contributed by atoms with Crippen molar-refractivity contribution in [2.45, 2.75) is 19.0 Å². The third kappa shape index (κ3) is 6.92. The largest absolute Gasteiger partial charge is 0.416 e. The summed E-state index contributed by atoms with van der Waals surface area (Å²) in [6, 6.07) is 12.9. The molecule has 2 nitrogen and oxygen atoms in total. The second-order valence-electron chi connectivity index (χ2n) is 5.51. The molecular weight excluding hydrogens is 369 g/mol. The number of alkyl halides is 3. The molecule has 25 heavy (non-hydrogen) atoms. The summed E-state index contributed by atoms with van der Waals surface area (Å²) in [7, 11) is 0. The van der Waals surface area contributed by atoms with Gasteiger partial charge in [0.25, 0.3) is 0 Å². The summed E-state index contributed by atoms with van der Waals surface area (Å²) >= 11 is 11.0. The fourth-order valence-corrected chi connectivity index (χ4v) is 2.59. The SMILES string of the molecule is FC(F)(F)c1cccc(CCNC(=S)NCCc2ccc(Cl)cc2)c1. The molecule has 0 saturated carbocycles. The highest BCUT2D eigenvalue weighted by Gasteiger charge is 2.30. The minimum atomic E-state index is -4.32. The molecule has 0 aliphatic heterocycles. The van der Waals surface area contributed by atoms with Crippen LogP contribution in [0.3, 0.4) is 0 Å². The minimum Gasteiger partial charge on any atom is -0.362 e. The van der Waals surface area contributed by atoms with Gasteiger partial charge >= 0.3 is 6.18 Å². The Bertz CT molecular complexity index is 702. The van der Waals surface area contributed by atoms with Crippen molar-refractivity contribution in [1.82, 2.24) is 10.6 Å². The van der Waals surface area contributed by atoms with E-state index in [9.17, 15) is 13.2 Å². The van der Waals surface area contributed by atoms with Crippen LogP contribution in [0.1, 0.15) is 16.7 Å². The van der Waals surface area contributed by atoms with E-state index in [0.717, 1.165) is 18.1 Å². The van der Waals surface area contributed by atoms with Gasteiger partial charge in [-0.25, -0.2) is 0 Å². The van der Waals surface area contributed by atoms with Gasteiger partial charge in [0.15, 0.2) is 5.11 Å². The Morgan fingerprint density at radius 2 is 1.52 bits per heavy atom. The molecule has 0 spiro atoms. The molecule has 0 fully saturated rings. The van der Waals surface area contributed by atoms with Crippen molar-refractivity contribution in [2.24, 2.45) is 0 Å². The molecule has 2 rings (SSSR count). The number of rotatable bonds is 6. The van der Waals surface area contributed by atoms with Crippen molar-refractivity contribution in [2.75, 3.05) is 13.1 Å². The lowest BCUT2D eigenvalue weighted by molar-refractivity contribution is -0.137. The van der Waals surface area contributed by atoms with E-state index in [-0.39, 0.29) is 0 Å². The Labute approximate surface area is 155 Å². The van der Waals surface area contributed by atoms with Gasteiger partial charge in [0, 0.05) is 18.1 Å². The van der Waals surface area contributed by atoms with E-state index in [2.05, 4.69) is 10.6 Å². The zero-order valence-electron chi connectivity index (χ0n) is 13.4. The van der Waals surface area contributed by atoms with Crippen LogP contribution < -0.4 is 10.6 Å². The summed E-state index contributed by atoms with van der Waals surface area (Å²) in [5, 5.41) is 7.26. The van der Waals surface area contributed by atoms with Crippen LogP contribution in [-0.4, -0.2) is 18.2 Å². The first kappa shape index (κ1) is 19.5. The third-order valence-electron chi connectivity index (χ3n) is 3.57. The normalized spacial score (nSPS) is 11.2. The van der Waals surface area contributed by atoms with Crippen LogP contribution in [0.15, 0.2) is 48.5 Å². The summed E-state index contributed by atoms with van der Waals surface area (Å²) in [6.07, 6.45) is -3.06. The average molecular weight is 387 g/mol. The van der Waals surface area contributed by atoms with Gasteiger partial charge in [-0.3, -0.25) is 0 Å². The number of halogens is 4. The quantitative estimate of drug-likeness (QED) is 0.709. The summed E-state index contributed by atoms with van der Waals surface area (Å²) in [5.74, 6) is 0. The van der Waals surface area contributed by atoms with Crippen LogP contribution in [0.25, 0.3) is 0 Å². The minimum absolute atomic E-state index is 0.461. The smallest absolute Gasteiger partial charge is 0.362 e. The van der Waals surface area contributed by atoms with Crippen molar-refractivity contribution in [3.8, 4) is 0 Å². The Kier molecular flexibility index (Phi) is 7.08. The molecule has 0 aliphatic carbocycles. The average Bonchev–Trinajstić information content (AvgIpc) is 2.56. The van der Waals surface area contributed by atoms with Gasteiger partial charge in [-0.15, -0.1) is 0 Å². The first-order valence-corrected chi connectivity index (χ1v) is 8.55. The van der Waals surface area contributed by atoms with Gasteiger partial charge in [0.05, 0.1) is 5.56 Å². The first-order valence-electron chi connectivity index (χ1n) is 7.77. The maximum Gasteiger partial charge on any atom is 0.416 e. The molecule has 2 aromatic rings. The predicted molar refractivity (Wildman–Crippen MR) is 98.9 cm³/mol. The second-order valence-corrected chi connectivity index (χ2v) is 6.35. The molecule has 2 N–H and O–H groups in total. The van der Waals surface area contributed by atoms with E-state index in [4.69, 9.17) is 23.8 Å². The predicted octanol–water partition coefficient (Wildman–Crippen LogP) is 4.61. The third-order valence-corrected chi connectivity index (χ3v) is 4.11. The van der Waals surface area contributed by atoms with Crippen LogP contribution in [0, 0.1) is 0 Å². The van der Waals surface area contributed by atoms with Gasteiger partial charge in [-0.2, -0.15) is 13.2 Å². The fraction of sp³-hybridized carbons (Fsp3) is 0.278. The monoisotopic (exact) mass is 386 g/mol. The Morgan fingerprint density at radius 1 is 0.920 bits per heavy atom. The zero-order valence-corrected chi connectivity index (χ0v) is 14.9. The molecule has 7 heteroatoms. The van der Waals surface area contributed by atoms with Crippen molar-refractivity contribution in [1.29, 1.82) is 0 Å². The molecular formula is C18H18ClF3N2S. The highest BCUT2D eigenvalue weighted by Crippen LogP contribution is 2.29. The second kappa shape index (κ2) is 9.06. The van der Waals surface area contributed by atoms with Gasteiger partial charge in [0.1, 0.15) is 0 Å². The maximum atomic E-state index is 12.7. The van der Waals surface area contributed by atoms with Crippen LogP contribution in [0.5, 0.6) is 0 Å². The molecule has 0 atom stereocenters. The molecule has 0 bridgehead atoms. The lowest BCUT2D eigenvalue weighted by Crippen LogP contribution is -2.37. The van der Waals surface area contributed by atoms with Crippen molar-refractivity contribution in [3.05, 3.63) is 70.2 Å². The molecule has 0 saturated heterocycles. The highest BCUT2D eigenvalue weighted by molar-refractivity contribution is 7.80. The van der Waals surface area contributed by atoms with E-state index in [1.165, 1.54) is 12.1 Å². The molecule has 0 aliphatic rings. The maximum absolute atomic E-state index is 12.7. The number of thiocarbonyl (C=S) groups is 1. The van der Waals surface area contributed by atoms with Crippen LogP contribution in [0.2, 0.25) is 5.02 Å². The van der Waals surface area contributed by atoms with Crippen molar-refractivity contribution in [3.63, 3.8) is 0 Å². The van der Waals surface area contributed by atoms with E-state index < -0.39 is 11.7 Å². The van der Waals surface area contributed by atoms with E-state index in [1.807, 2.05) is 24.3 Å². The summed E-state index contributed by atoms with van der Waals surface area (Å²) in [5.41, 5.74) is 1.13. The van der Waals surface area contributed by atoms with E-state index in [1.54, 1.807) is 6.07 Å². The van der Waals surface area contributed by atoms with Gasteiger partial charge < -0.3 is 10.6 Å². The molecule has 134 valence electrons. The standard InChI is InChI=1S/C18H18ClF3N2S/c19-16-6-4-13(5-7-16)8-10-23-17(25)24-11-9-14-2-1-3-15(12-14)18(20,21)22/h1-7,12H,8-11H2,(H2,23,24,25). The number of nitrogens with one attached hydrogen (secondary N) is 2. The van der Waals surface area contributed by atoms with Gasteiger partial charge in [0.2, 0.25) is 0 Å². The molecule has 0 unspecified atom stereocenters. The van der Waals surface area contributed by atoms with Crippen molar-refractivity contribution >= 4 is 28.9 Å². The summed E-state index contributed by atoms with van der Waals surface area (Å²) < 4.78 is 38.0. The fourth-order valence-electron chi connectivity index (χ4n) is 2.26. The molecule has 0 amide bonds. The highest BCUT2D eigenvalue weighted by atomic mass is 35.5. The lowest BCUT2D eigenvalue weighted by atomic mass is 10.1. The van der Waals surface area contributed by atoms with E-state index in [0.29, 0.717) is 35.2 Å².